The molecule has 0 atom stereocenters. The van der Waals surface area contributed by atoms with Gasteiger partial charge in [-0.1, -0.05) is 13.8 Å². The highest BCUT2D eigenvalue weighted by Crippen LogP contribution is 2.33. The maximum atomic E-state index is 5.11. The fourth-order valence-electron chi connectivity index (χ4n) is 0.482. The van der Waals surface area contributed by atoms with E-state index in [-0.39, 0.29) is 8.15 Å². The first-order chi connectivity index (χ1) is 3.35. The molecule has 2 heteroatoms. The Morgan fingerprint density at radius 2 is 1.71 bits per heavy atom. The van der Waals surface area contributed by atoms with Crippen LogP contribution in [0.15, 0.2) is 0 Å². The van der Waals surface area contributed by atoms with E-state index >= 15 is 0 Å². The van der Waals surface area contributed by atoms with Gasteiger partial charge in [0.2, 0.25) is 0 Å². The number of hydrogen-bond acceptors (Lipinski definition) is 1. The van der Waals surface area contributed by atoms with E-state index in [9.17, 15) is 0 Å². The molecule has 0 aliphatic carbocycles. The van der Waals surface area contributed by atoms with Crippen molar-refractivity contribution in [1.29, 1.82) is 0 Å². The lowest BCUT2D eigenvalue weighted by atomic mass is 11.0. The van der Waals surface area contributed by atoms with Crippen LogP contribution in [0.4, 0.5) is 0 Å². The van der Waals surface area contributed by atoms with Crippen LogP contribution in [-0.2, 0) is 4.52 Å². The molecule has 1 nitrogen and oxygen atoms in total. The van der Waals surface area contributed by atoms with E-state index < -0.39 is 0 Å². The van der Waals surface area contributed by atoms with Crippen molar-refractivity contribution in [2.45, 2.75) is 13.8 Å². The topological polar surface area (TPSA) is 9.23 Å². The molecule has 0 amide bonds. The Hall–Kier alpha value is 0.390. The van der Waals surface area contributed by atoms with Crippen molar-refractivity contribution in [2.75, 3.05) is 19.4 Å². The average Bonchev–Trinajstić information content (AvgIpc) is 1.72. The summed E-state index contributed by atoms with van der Waals surface area (Å²) in [6, 6.07) is 0. The summed E-state index contributed by atoms with van der Waals surface area (Å²) in [6.45, 7) is 4.33. The third kappa shape index (κ3) is 3.02. The molecule has 0 saturated heterocycles. The van der Waals surface area contributed by atoms with Crippen molar-refractivity contribution in [3.05, 3.63) is 0 Å². The highest BCUT2D eigenvalue weighted by atomic mass is 31.1. The lowest BCUT2D eigenvalue weighted by molar-refractivity contribution is 0.462. The van der Waals surface area contributed by atoms with Gasteiger partial charge in [0, 0.05) is 15.3 Å². The van der Waals surface area contributed by atoms with Crippen LogP contribution < -0.4 is 0 Å². The molecule has 44 valence electrons. The maximum Gasteiger partial charge on any atom is 0.0398 e. The second-order valence-corrected chi connectivity index (χ2v) is 3.89. The smallest absolute Gasteiger partial charge is 0.0398 e. The molecule has 0 saturated carbocycles. The van der Waals surface area contributed by atoms with Gasteiger partial charge in [0.25, 0.3) is 0 Å². The van der Waals surface area contributed by atoms with Gasteiger partial charge in [-0.25, -0.2) is 0 Å². The van der Waals surface area contributed by atoms with Crippen LogP contribution in [-0.4, -0.2) is 19.4 Å². The fourth-order valence-corrected chi connectivity index (χ4v) is 1.45. The molecule has 7 heavy (non-hydrogen) atoms. The van der Waals surface area contributed by atoms with Crippen LogP contribution in [0.5, 0.6) is 0 Å². The summed E-state index contributed by atoms with van der Waals surface area (Å²) in [4.78, 5) is 0. The van der Waals surface area contributed by atoms with Gasteiger partial charge in [-0.3, -0.25) is 0 Å². The van der Waals surface area contributed by atoms with Gasteiger partial charge < -0.3 is 4.52 Å². The summed E-state index contributed by atoms with van der Waals surface area (Å²) >= 11 is 0. The van der Waals surface area contributed by atoms with E-state index in [0.29, 0.717) is 0 Å². The molecule has 0 aromatic carbocycles. The van der Waals surface area contributed by atoms with Crippen LogP contribution in [0.1, 0.15) is 13.8 Å². The SMILES string of the molecule is CCP(CC)OC. The zero-order chi connectivity index (χ0) is 5.70. The minimum absolute atomic E-state index is 0.0540. The lowest BCUT2D eigenvalue weighted by Crippen LogP contribution is -1.82. The minimum atomic E-state index is -0.0540. The van der Waals surface area contributed by atoms with E-state index in [0.717, 1.165) is 0 Å². The predicted octanol–water partition coefficient (Wildman–Crippen LogP) is 2.07. The molecule has 0 radical (unpaired) electrons. The minimum Gasteiger partial charge on any atom is -0.362 e. The van der Waals surface area contributed by atoms with Gasteiger partial charge >= 0.3 is 0 Å². The number of hydrogen-bond donors (Lipinski definition) is 0. The van der Waals surface area contributed by atoms with Crippen molar-refractivity contribution in [3.63, 3.8) is 0 Å². The van der Waals surface area contributed by atoms with Crippen LogP contribution >= 0.6 is 8.15 Å². The molecule has 0 N–H and O–H groups in total. The molecule has 0 aliphatic rings. The largest absolute Gasteiger partial charge is 0.362 e. The molecule has 0 rings (SSSR count). The Morgan fingerprint density at radius 3 is 1.71 bits per heavy atom. The average molecular weight is 120 g/mol. The Labute approximate surface area is 46.9 Å². The first-order valence-electron chi connectivity index (χ1n) is 2.64. The monoisotopic (exact) mass is 120 g/mol. The molecular weight excluding hydrogens is 107 g/mol. The first-order valence-corrected chi connectivity index (χ1v) is 4.27. The highest BCUT2D eigenvalue weighted by molar-refractivity contribution is 7.52. The van der Waals surface area contributed by atoms with Gasteiger partial charge in [-0.15, -0.1) is 0 Å². The van der Waals surface area contributed by atoms with E-state index in [2.05, 4.69) is 13.8 Å². The van der Waals surface area contributed by atoms with E-state index in [1.165, 1.54) is 12.3 Å². The molecule has 0 aromatic heterocycles. The lowest BCUT2D eigenvalue weighted by Gasteiger charge is -2.07. The zero-order valence-corrected chi connectivity index (χ0v) is 6.16. The van der Waals surface area contributed by atoms with Crippen molar-refractivity contribution < 1.29 is 4.52 Å². The van der Waals surface area contributed by atoms with Gasteiger partial charge in [-0.2, -0.15) is 0 Å². The van der Waals surface area contributed by atoms with Crippen LogP contribution in [0.3, 0.4) is 0 Å². The summed E-state index contributed by atoms with van der Waals surface area (Å²) in [5.74, 6) is 0. The molecule has 0 spiro atoms. The van der Waals surface area contributed by atoms with Crippen molar-refractivity contribution in [3.8, 4) is 0 Å². The van der Waals surface area contributed by atoms with Gasteiger partial charge in [-0.05, 0) is 12.3 Å². The molecule has 0 unspecified atom stereocenters. The Balaban J connectivity index is 2.99. The van der Waals surface area contributed by atoms with Crippen molar-refractivity contribution >= 4 is 8.15 Å². The van der Waals surface area contributed by atoms with Crippen LogP contribution in [0.25, 0.3) is 0 Å². The predicted molar refractivity (Wildman–Crippen MR) is 35.0 cm³/mol. The zero-order valence-electron chi connectivity index (χ0n) is 5.27. The molecule has 0 aliphatic heterocycles. The van der Waals surface area contributed by atoms with Gasteiger partial charge in [0.1, 0.15) is 0 Å². The summed E-state index contributed by atoms with van der Waals surface area (Å²) in [5.41, 5.74) is 0. The summed E-state index contributed by atoms with van der Waals surface area (Å²) in [6.07, 6.45) is 2.39. The van der Waals surface area contributed by atoms with E-state index in [1.807, 2.05) is 0 Å². The van der Waals surface area contributed by atoms with Crippen LogP contribution in [0, 0.1) is 0 Å². The normalized spacial score (nSPS) is 10.3. The standard InChI is InChI=1S/C5H13OP/c1-4-7(5-2)6-3/h4-5H2,1-3H3. The van der Waals surface area contributed by atoms with E-state index in [4.69, 9.17) is 4.52 Å². The maximum absolute atomic E-state index is 5.11. The van der Waals surface area contributed by atoms with Gasteiger partial charge in [0.05, 0.1) is 0 Å². The molecule has 0 heterocycles. The third-order valence-electron chi connectivity index (χ3n) is 0.964. The first kappa shape index (κ1) is 7.39. The Morgan fingerprint density at radius 1 is 1.29 bits per heavy atom. The van der Waals surface area contributed by atoms with E-state index in [1.54, 1.807) is 7.11 Å². The third-order valence-corrected chi connectivity index (χ3v) is 2.89. The quantitative estimate of drug-likeness (QED) is 0.518. The Bertz CT molecular complexity index is 29.6. The molecule has 0 bridgehead atoms. The van der Waals surface area contributed by atoms with Crippen LogP contribution in [0.2, 0.25) is 0 Å². The molecular formula is C5H13OP. The molecule has 0 fully saturated rings. The summed E-state index contributed by atoms with van der Waals surface area (Å²) in [7, 11) is 1.74. The van der Waals surface area contributed by atoms with Crippen molar-refractivity contribution in [1.82, 2.24) is 0 Å². The summed E-state index contributed by atoms with van der Waals surface area (Å²) in [5, 5.41) is 0. The second-order valence-electron chi connectivity index (χ2n) is 1.30. The Kier molecular flexibility index (Phi) is 4.80. The van der Waals surface area contributed by atoms with Gasteiger partial charge in [0.15, 0.2) is 0 Å². The fraction of sp³-hybridized carbons (Fsp3) is 1.00. The summed E-state index contributed by atoms with van der Waals surface area (Å²) < 4.78 is 5.11. The van der Waals surface area contributed by atoms with Crippen molar-refractivity contribution in [2.24, 2.45) is 0 Å². The second kappa shape index (κ2) is 4.55. The highest BCUT2D eigenvalue weighted by Gasteiger charge is 1.95. The number of rotatable bonds is 3. The molecule has 0 aromatic rings.